The van der Waals surface area contributed by atoms with Crippen molar-refractivity contribution in [3.05, 3.63) is 76.2 Å². The molecule has 3 heterocycles. The van der Waals surface area contributed by atoms with Gasteiger partial charge in [-0.15, -0.1) is 0 Å². The Morgan fingerprint density at radius 2 is 1.83 bits per heavy atom. The number of rotatable bonds is 4. The molecular weight excluding hydrogens is 382 g/mol. The molecule has 1 aliphatic rings. The molecule has 0 saturated carbocycles. The molecule has 154 valence electrons. The van der Waals surface area contributed by atoms with Gasteiger partial charge < -0.3 is 9.64 Å². The molecule has 0 N–H and O–H groups in total. The maximum Gasteiger partial charge on any atom is 0.308 e. The van der Waals surface area contributed by atoms with Crippen LogP contribution < -0.4 is 5.56 Å². The van der Waals surface area contributed by atoms with E-state index in [1.165, 1.54) is 7.11 Å². The quantitative estimate of drug-likeness (QED) is 0.623. The smallest absolute Gasteiger partial charge is 0.308 e. The van der Waals surface area contributed by atoms with Crippen molar-refractivity contribution in [2.45, 2.75) is 19.4 Å². The summed E-state index contributed by atoms with van der Waals surface area (Å²) in [5, 5.41) is 0.737. The number of carbonyl (C=O) groups is 2. The Morgan fingerprint density at radius 1 is 1.10 bits per heavy atom. The Balaban J connectivity index is 1.68. The molecule has 3 aromatic rings. The van der Waals surface area contributed by atoms with Crippen molar-refractivity contribution in [3.63, 3.8) is 0 Å². The van der Waals surface area contributed by atoms with Crippen LogP contribution in [-0.2, 0) is 16.1 Å². The molecule has 4 rings (SSSR count). The molecule has 0 atom stereocenters. The van der Waals surface area contributed by atoms with Crippen molar-refractivity contribution < 1.29 is 14.3 Å². The monoisotopic (exact) mass is 405 g/mol. The summed E-state index contributed by atoms with van der Waals surface area (Å²) in [5.74, 6) is -0.755. The number of aromatic nitrogens is 2. The first kappa shape index (κ1) is 19.8. The van der Waals surface area contributed by atoms with Crippen molar-refractivity contribution in [1.29, 1.82) is 0 Å². The van der Waals surface area contributed by atoms with E-state index in [0.717, 1.165) is 10.9 Å². The second-order valence-corrected chi connectivity index (χ2v) is 7.44. The van der Waals surface area contributed by atoms with E-state index in [1.54, 1.807) is 27.8 Å². The highest BCUT2D eigenvalue weighted by atomic mass is 16.5. The summed E-state index contributed by atoms with van der Waals surface area (Å²) in [7, 11) is 1.37. The van der Waals surface area contributed by atoms with E-state index in [-0.39, 0.29) is 28.9 Å². The topological polar surface area (TPSA) is 81.5 Å². The van der Waals surface area contributed by atoms with Gasteiger partial charge in [0.2, 0.25) is 0 Å². The summed E-state index contributed by atoms with van der Waals surface area (Å²) < 4.78 is 6.36. The molecule has 1 aromatic carbocycles. The second kappa shape index (κ2) is 8.49. The molecule has 7 heteroatoms. The molecule has 0 unspecified atom stereocenters. The number of esters is 1. The minimum atomic E-state index is -0.356. The molecule has 0 aliphatic carbocycles. The lowest BCUT2D eigenvalue weighted by Crippen LogP contribution is -2.43. The molecule has 0 radical (unpaired) electrons. The molecule has 1 fully saturated rings. The molecule has 0 bridgehead atoms. The van der Waals surface area contributed by atoms with Crippen LogP contribution in [0, 0.1) is 5.92 Å². The molecule has 1 saturated heterocycles. The van der Waals surface area contributed by atoms with Crippen LogP contribution in [0.2, 0.25) is 0 Å². The lowest BCUT2D eigenvalue weighted by molar-refractivity contribution is -0.146. The maximum atomic E-state index is 13.3. The van der Waals surface area contributed by atoms with Crippen LogP contribution in [0.5, 0.6) is 0 Å². The minimum absolute atomic E-state index is 0.128. The zero-order valence-corrected chi connectivity index (χ0v) is 16.8. The predicted molar refractivity (Wildman–Crippen MR) is 112 cm³/mol. The third-order valence-corrected chi connectivity index (χ3v) is 5.58. The van der Waals surface area contributed by atoms with Crippen molar-refractivity contribution in [2.75, 3.05) is 20.2 Å². The van der Waals surface area contributed by atoms with E-state index in [2.05, 4.69) is 4.98 Å². The first-order valence-electron chi connectivity index (χ1n) is 9.98. The van der Waals surface area contributed by atoms with E-state index in [9.17, 15) is 14.4 Å². The van der Waals surface area contributed by atoms with Crippen LogP contribution in [0.25, 0.3) is 11.0 Å². The summed E-state index contributed by atoms with van der Waals surface area (Å²) in [6, 6.07) is 14.9. The maximum absolute atomic E-state index is 13.3. The molecule has 1 amide bonds. The van der Waals surface area contributed by atoms with E-state index < -0.39 is 0 Å². The van der Waals surface area contributed by atoms with Crippen molar-refractivity contribution >= 4 is 22.9 Å². The number of pyridine rings is 2. The fourth-order valence-corrected chi connectivity index (χ4v) is 3.93. The normalized spacial score (nSPS) is 14.6. The van der Waals surface area contributed by atoms with Gasteiger partial charge in [0.05, 0.1) is 19.6 Å². The van der Waals surface area contributed by atoms with Crippen molar-refractivity contribution in [2.24, 2.45) is 5.92 Å². The molecule has 2 aromatic heterocycles. The van der Waals surface area contributed by atoms with Gasteiger partial charge in [-0.05, 0) is 36.6 Å². The number of likely N-dealkylation sites (tertiary alicyclic amines) is 1. The minimum Gasteiger partial charge on any atom is -0.469 e. The summed E-state index contributed by atoms with van der Waals surface area (Å²) in [4.78, 5) is 44.2. The number of ether oxygens (including phenoxy) is 1. The van der Waals surface area contributed by atoms with Gasteiger partial charge in [0.25, 0.3) is 11.5 Å². The van der Waals surface area contributed by atoms with Gasteiger partial charge >= 0.3 is 5.97 Å². The third-order valence-electron chi connectivity index (χ3n) is 5.58. The largest absolute Gasteiger partial charge is 0.469 e. The first-order valence-corrected chi connectivity index (χ1v) is 9.98. The standard InChI is InChI=1S/C23H23N3O4/c1-30-23(29)17-9-12-25(13-10-17)21(27)19-14-18-8-5-11-24-20(18)26(22(19)28)15-16-6-3-2-4-7-16/h2-8,11,14,17H,9-10,12-13,15H2,1H3. The number of fused-ring (bicyclic) bond motifs is 1. The summed E-state index contributed by atoms with van der Waals surface area (Å²) in [6.45, 7) is 1.17. The zero-order valence-electron chi connectivity index (χ0n) is 16.8. The Morgan fingerprint density at radius 3 is 2.53 bits per heavy atom. The number of hydrogen-bond donors (Lipinski definition) is 0. The van der Waals surface area contributed by atoms with Gasteiger partial charge in [-0.1, -0.05) is 30.3 Å². The SMILES string of the molecule is COC(=O)C1CCN(C(=O)c2cc3cccnc3n(Cc3ccccc3)c2=O)CC1. The Bertz CT molecular complexity index is 1130. The average Bonchev–Trinajstić information content (AvgIpc) is 2.80. The number of methoxy groups -OCH3 is 1. The molecule has 1 aliphatic heterocycles. The van der Waals surface area contributed by atoms with E-state index in [0.29, 0.717) is 38.1 Å². The lowest BCUT2D eigenvalue weighted by Gasteiger charge is -2.30. The summed E-state index contributed by atoms with van der Waals surface area (Å²) in [5.41, 5.74) is 1.27. The van der Waals surface area contributed by atoms with Gasteiger partial charge in [0.15, 0.2) is 0 Å². The van der Waals surface area contributed by atoms with Gasteiger partial charge in [-0.25, -0.2) is 4.98 Å². The molecule has 0 spiro atoms. The van der Waals surface area contributed by atoms with Crippen molar-refractivity contribution in [1.82, 2.24) is 14.5 Å². The van der Waals surface area contributed by atoms with E-state index in [4.69, 9.17) is 4.74 Å². The van der Waals surface area contributed by atoms with Gasteiger partial charge in [0.1, 0.15) is 11.2 Å². The van der Waals surface area contributed by atoms with E-state index in [1.807, 2.05) is 36.4 Å². The highest BCUT2D eigenvalue weighted by molar-refractivity contribution is 5.97. The molecular formula is C23H23N3O4. The number of hydrogen-bond acceptors (Lipinski definition) is 5. The highest BCUT2D eigenvalue weighted by Gasteiger charge is 2.30. The van der Waals surface area contributed by atoms with Crippen LogP contribution in [0.4, 0.5) is 0 Å². The highest BCUT2D eigenvalue weighted by Crippen LogP contribution is 2.21. The first-order chi connectivity index (χ1) is 14.6. The van der Waals surface area contributed by atoms with Crippen molar-refractivity contribution in [3.8, 4) is 0 Å². The van der Waals surface area contributed by atoms with Crippen LogP contribution in [-0.4, -0.2) is 46.5 Å². The third kappa shape index (κ3) is 3.83. The summed E-state index contributed by atoms with van der Waals surface area (Å²) >= 11 is 0. The Labute approximate surface area is 173 Å². The fraction of sp³-hybridized carbons (Fsp3) is 0.304. The number of piperidine rings is 1. The van der Waals surface area contributed by atoms with E-state index >= 15 is 0 Å². The second-order valence-electron chi connectivity index (χ2n) is 7.44. The van der Waals surface area contributed by atoms with Crippen LogP contribution in [0.3, 0.4) is 0 Å². The fourth-order valence-electron chi connectivity index (χ4n) is 3.93. The zero-order chi connectivity index (χ0) is 21.1. The Kier molecular flexibility index (Phi) is 5.61. The van der Waals surface area contributed by atoms with Crippen LogP contribution in [0.15, 0.2) is 59.5 Å². The van der Waals surface area contributed by atoms with Crippen LogP contribution in [0.1, 0.15) is 28.8 Å². The van der Waals surface area contributed by atoms with Crippen LogP contribution >= 0.6 is 0 Å². The summed E-state index contributed by atoms with van der Waals surface area (Å²) in [6.07, 6.45) is 2.71. The van der Waals surface area contributed by atoms with Gasteiger partial charge in [-0.2, -0.15) is 0 Å². The predicted octanol–water partition coefficient (Wildman–Crippen LogP) is 2.47. The average molecular weight is 405 g/mol. The molecule has 7 nitrogen and oxygen atoms in total. The lowest BCUT2D eigenvalue weighted by atomic mass is 9.96. The van der Waals surface area contributed by atoms with Gasteiger partial charge in [0, 0.05) is 24.7 Å². The Hall–Kier alpha value is -3.48. The number of benzene rings is 1. The number of nitrogens with zero attached hydrogens (tertiary/aromatic N) is 3. The molecule has 30 heavy (non-hydrogen) atoms. The van der Waals surface area contributed by atoms with Gasteiger partial charge in [-0.3, -0.25) is 19.0 Å². The number of carbonyl (C=O) groups excluding carboxylic acids is 2. The number of amides is 1.